The van der Waals surface area contributed by atoms with Gasteiger partial charge in [0, 0.05) is 37.8 Å². The van der Waals surface area contributed by atoms with E-state index in [4.69, 9.17) is 0 Å². The van der Waals surface area contributed by atoms with E-state index >= 15 is 0 Å². The van der Waals surface area contributed by atoms with Gasteiger partial charge in [0.1, 0.15) is 22.2 Å². The lowest BCUT2D eigenvalue weighted by Gasteiger charge is -2.17. The Morgan fingerprint density at radius 1 is 1.38 bits per heavy atom. The lowest BCUT2D eigenvalue weighted by molar-refractivity contribution is 0.507. The van der Waals surface area contributed by atoms with Crippen LogP contribution in [0.5, 0.6) is 0 Å². The van der Waals surface area contributed by atoms with Gasteiger partial charge in [0.2, 0.25) is 0 Å². The molecule has 0 aliphatic carbocycles. The molecule has 1 unspecified atom stereocenters. The summed E-state index contributed by atoms with van der Waals surface area (Å²) in [6.07, 6.45) is 5.57. The molecule has 0 aliphatic rings. The number of nitrogens with one attached hydrogen (secondary N) is 2. The molecule has 0 spiro atoms. The summed E-state index contributed by atoms with van der Waals surface area (Å²) in [4.78, 5) is 8.94. The van der Waals surface area contributed by atoms with Gasteiger partial charge < -0.3 is 15.2 Å². The van der Waals surface area contributed by atoms with E-state index in [-0.39, 0.29) is 11.8 Å². The monoisotopic (exact) mass is 357 g/mol. The van der Waals surface area contributed by atoms with Crippen molar-refractivity contribution in [3.63, 3.8) is 0 Å². The van der Waals surface area contributed by atoms with Crippen molar-refractivity contribution in [3.8, 4) is 0 Å². The van der Waals surface area contributed by atoms with Gasteiger partial charge >= 0.3 is 0 Å². The lowest BCUT2D eigenvalue weighted by Crippen LogP contribution is -2.42. The fourth-order valence-corrected chi connectivity index (χ4v) is 3.00. The van der Waals surface area contributed by atoms with E-state index < -0.39 is 9.84 Å². The molecular formula is C16H31N5O2S. The summed E-state index contributed by atoms with van der Waals surface area (Å²) >= 11 is 0. The van der Waals surface area contributed by atoms with Crippen molar-refractivity contribution in [2.45, 2.75) is 53.2 Å². The molecule has 0 aromatic carbocycles. The number of hydrogen-bond acceptors (Lipinski definition) is 4. The number of hydrogen-bond donors (Lipinski definition) is 2. The fraction of sp³-hybridized carbons (Fsp3) is 0.750. The van der Waals surface area contributed by atoms with Crippen molar-refractivity contribution in [3.05, 3.63) is 18.2 Å². The lowest BCUT2D eigenvalue weighted by atomic mass is 10.2. The molecule has 7 nitrogen and oxygen atoms in total. The van der Waals surface area contributed by atoms with Gasteiger partial charge in [-0.1, -0.05) is 13.8 Å². The van der Waals surface area contributed by atoms with Crippen molar-refractivity contribution in [1.82, 2.24) is 20.2 Å². The number of sulfone groups is 1. The van der Waals surface area contributed by atoms with Crippen LogP contribution >= 0.6 is 0 Å². The number of rotatable bonds is 9. The van der Waals surface area contributed by atoms with Crippen molar-refractivity contribution in [1.29, 1.82) is 0 Å². The largest absolute Gasteiger partial charge is 0.357 e. The summed E-state index contributed by atoms with van der Waals surface area (Å²) < 4.78 is 24.7. The van der Waals surface area contributed by atoms with Crippen molar-refractivity contribution < 1.29 is 8.42 Å². The Morgan fingerprint density at radius 3 is 2.67 bits per heavy atom. The smallest absolute Gasteiger partial charge is 0.191 e. The number of imidazole rings is 1. The molecule has 0 bridgehead atoms. The third-order valence-electron chi connectivity index (χ3n) is 3.39. The molecule has 1 aromatic heterocycles. The van der Waals surface area contributed by atoms with E-state index in [9.17, 15) is 8.42 Å². The SMILES string of the molecule is CCNC(=NCc1nccn1CC(C)C)NC(C)CCS(C)(=O)=O. The highest BCUT2D eigenvalue weighted by atomic mass is 32.2. The first kappa shape index (κ1) is 20.5. The minimum atomic E-state index is -2.95. The Bertz CT molecular complexity index is 622. The van der Waals surface area contributed by atoms with Gasteiger partial charge in [0.05, 0.1) is 5.75 Å². The molecule has 0 fully saturated rings. The number of aliphatic imine (C=N–C) groups is 1. The van der Waals surface area contributed by atoms with Gasteiger partial charge in [-0.3, -0.25) is 0 Å². The average molecular weight is 358 g/mol. The molecule has 138 valence electrons. The zero-order valence-corrected chi connectivity index (χ0v) is 16.2. The van der Waals surface area contributed by atoms with Gasteiger partial charge in [-0.05, 0) is 26.2 Å². The van der Waals surface area contributed by atoms with E-state index in [0.29, 0.717) is 24.8 Å². The Hall–Kier alpha value is -1.57. The van der Waals surface area contributed by atoms with Crippen LogP contribution in [0.3, 0.4) is 0 Å². The van der Waals surface area contributed by atoms with Crippen molar-refractivity contribution in [2.75, 3.05) is 18.6 Å². The molecule has 1 heterocycles. The summed E-state index contributed by atoms with van der Waals surface area (Å²) in [6, 6.07) is 0.0212. The van der Waals surface area contributed by atoms with Gasteiger partial charge in [0.15, 0.2) is 5.96 Å². The molecule has 0 saturated heterocycles. The van der Waals surface area contributed by atoms with E-state index in [1.165, 1.54) is 6.26 Å². The standard InChI is InChI=1S/C16H31N5O2S/c1-6-17-16(20-14(4)7-10-24(5,22)23)19-11-15-18-8-9-21(15)12-13(2)3/h8-9,13-14H,6-7,10-12H2,1-5H3,(H2,17,19,20). The van der Waals surface area contributed by atoms with Crippen molar-refractivity contribution >= 4 is 15.8 Å². The maximum Gasteiger partial charge on any atom is 0.191 e. The fourth-order valence-electron chi connectivity index (χ4n) is 2.22. The van der Waals surface area contributed by atoms with E-state index in [1.807, 2.05) is 20.0 Å². The molecule has 1 aromatic rings. The molecule has 0 amide bonds. The van der Waals surface area contributed by atoms with Crippen LogP contribution in [0.4, 0.5) is 0 Å². The van der Waals surface area contributed by atoms with E-state index in [0.717, 1.165) is 18.9 Å². The molecule has 24 heavy (non-hydrogen) atoms. The van der Waals surface area contributed by atoms with Gasteiger partial charge in [0.25, 0.3) is 0 Å². The first-order chi connectivity index (χ1) is 11.2. The molecular weight excluding hydrogens is 326 g/mol. The molecule has 0 radical (unpaired) electrons. The number of guanidine groups is 1. The summed E-state index contributed by atoms with van der Waals surface area (Å²) in [5.41, 5.74) is 0. The Labute approximate surface area is 145 Å². The Morgan fingerprint density at radius 2 is 2.08 bits per heavy atom. The van der Waals surface area contributed by atoms with E-state index in [1.54, 1.807) is 6.20 Å². The maximum absolute atomic E-state index is 11.3. The summed E-state index contributed by atoms with van der Waals surface area (Å²) in [5, 5.41) is 6.44. The van der Waals surface area contributed by atoms with Crippen LogP contribution in [0.15, 0.2) is 17.4 Å². The normalized spacial score (nSPS) is 14.0. The third kappa shape index (κ3) is 8.33. The minimum absolute atomic E-state index is 0.0212. The highest BCUT2D eigenvalue weighted by Crippen LogP contribution is 2.05. The number of aromatic nitrogens is 2. The zero-order chi connectivity index (χ0) is 18.2. The van der Waals surface area contributed by atoms with Crippen LogP contribution in [0, 0.1) is 5.92 Å². The van der Waals surface area contributed by atoms with E-state index in [2.05, 4.69) is 39.0 Å². The molecule has 1 rings (SSSR count). The predicted octanol–water partition coefficient (Wildman–Crippen LogP) is 1.42. The highest BCUT2D eigenvalue weighted by molar-refractivity contribution is 7.90. The molecule has 0 aliphatic heterocycles. The second-order valence-corrected chi connectivity index (χ2v) is 8.81. The molecule has 8 heteroatoms. The van der Waals surface area contributed by atoms with Crippen LogP contribution in [0.2, 0.25) is 0 Å². The van der Waals surface area contributed by atoms with Crippen LogP contribution in [0.25, 0.3) is 0 Å². The second-order valence-electron chi connectivity index (χ2n) is 6.55. The van der Waals surface area contributed by atoms with Crippen LogP contribution in [0.1, 0.15) is 39.9 Å². The van der Waals surface area contributed by atoms with Gasteiger partial charge in [-0.2, -0.15) is 0 Å². The highest BCUT2D eigenvalue weighted by Gasteiger charge is 2.10. The summed E-state index contributed by atoms with van der Waals surface area (Å²) in [5.74, 6) is 2.31. The Kier molecular flexibility index (Phi) is 8.24. The van der Waals surface area contributed by atoms with Gasteiger partial charge in [-0.25, -0.2) is 18.4 Å². The first-order valence-corrected chi connectivity index (χ1v) is 10.5. The van der Waals surface area contributed by atoms with Crippen LogP contribution < -0.4 is 10.6 Å². The molecule has 1 atom stereocenters. The van der Waals surface area contributed by atoms with Crippen molar-refractivity contribution in [2.24, 2.45) is 10.9 Å². The quantitative estimate of drug-likeness (QED) is 0.515. The first-order valence-electron chi connectivity index (χ1n) is 8.43. The summed E-state index contributed by atoms with van der Waals surface area (Å²) in [7, 11) is -2.95. The number of nitrogens with zero attached hydrogens (tertiary/aromatic N) is 3. The molecule has 2 N–H and O–H groups in total. The predicted molar refractivity (Wildman–Crippen MR) is 98.8 cm³/mol. The minimum Gasteiger partial charge on any atom is -0.357 e. The summed E-state index contributed by atoms with van der Waals surface area (Å²) in [6.45, 7) is 10.4. The zero-order valence-electron chi connectivity index (χ0n) is 15.4. The maximum atomic E-state index is 11.3. The third-order valence-corrected chi connectivity index (χ3v) is 4.37. The molecule has 0 saturated carbocycles. The van der Waals surface area contributed by atoms with Gasteiger partial charge in [-0.15, -0.1) is 0 Å². The van der Waals surface area contributed by atoms with Crippen LogP contribution in [-0.4, -0.2) is 48.5 Å². The average Bonchev–Trinajstić information content (AvgIpc) is 2.88. The topological polar surface area (TPSA) is 88.4 Å². The Balaban J connectivity index is 2.67. The van der Waals surface area contributed by atoms with Crippen LogP contribution in [-0.2, 0) is 22.9 Å². The second kappa shape index (κ2) is 9.66.